The summed E-state index contributed by atoms with van der Waals surface area (Å²) in [5.74, 6) is 1.65. The van der Waals surface area contributed by atoms with Gasteiger partial charge in [0.2, 0.25) is 0 Å². The van der Waals surface area contributed by atoms with Gasteiger partial charge in [0.1, 0.15) is 5.75 Å². The van der Waals surface area contributed by atoms with Crippen LogP contribution in [0.4, 0.5) is 5.82 Å². The molecule has 3 aromatic rings. The Morgan fingerprint density at radius 2 is 2.00 bits per heavy atom. The van der Waals surface area contributed by atoms with Gasteiger partial charge in [0.15, 0.2) is 5.82 Å². The first-order valence-electron chi connectivity index (χ1n) is 10.1. The van der Waals surface area contributed by atoms with E-state index in [-0.39, 0.29) is 11.9 Å². The molecule has 0 saturated carbocycles. The van der Waals surface area contributed by atoms with Crippen molar-refractivity contribution in [1.82, 2.24) is 15.5 Å². The molecule has 4 rings (SSSR count). The molecule has 2 N–H and O–H groups in total. The molecule has 2 heterocycles. The van der Waals surface area contributed by atoms with Gasteiger partial charge >= 0.3 is 0 Å². The van der Waals surface area contributed by atoms with E-state index < -0.39 is 0 Å². The molecule has 1 amide bonds. The predicted molar refractivity (Wildman–Crippen MR) is 114 cm³/mol. The van der Waals surface area contributed by atoms with Crippen LogP contribution in [0.2, 0.25) is 0 Å². The minimum Gasteiger partial charge on any atom is -0.494 e. The molecule has 6 nitrogen and oxygen atoms in total. The number of piperidine rings is 1. The second kappa shape index (κ2) is 8.82. The Balaban J connectivity index is 1.38. The van der Waals surface area contributed by atoms with Crippen LogP contribution < -0.4 is 15.0 Å². The Labute approximate surface area is 170 Å². The fraction of sp³-hybridized carbons (Fsp3) is 0.304. The third-order valence-electron chi connectivity index (χ3n) is 5.16. The highest BCUT2D eigenvalue weighted by Crippen LogP contribution is 2.24. The third kappa shape index (κ3) is 4.59. The summed E-state index contributed by atoms with van der Waals surface area (Å²) in [6.07, 6.45) is 1.98. The van der Waals surface area contributed by atoms with E-state index in [1.807, 2.05) is 37.3 Å². The molecule has 0 bridgehead atoms. The lowest BCUT2D eigenvalue weighted by Crippen LogP contribution is -2.48. The molecule has 1 aliphatic heterocycles. The maximum atomic E-state index is 12.6. The summed E-state index contributed by atoms with van der Waals surface area (Å²) in [6.45, 7) is 4.25. The number of nitrogens with one attached hydrogen (secondary N) is 2. The van der Waals surface area contributed by atoms with E-state index in [0.29, 0.717) is 12.2 Å². The van der Waals surface area contributed by atoms with Crippen molar-refractivity contribution in [2.45, 2.75) is 25.8 Å². The minimum atomic E-state index is -0.0492. The highest BCUT2D eigenvalue weighted by Gasteiger charge is 2.23. The first-order valence-corrected chi connectivity index (χ1v) is 10.1. The normalized spacial score (nSPS) is 16.4. The number of hydrogen-bond acceptors (Lipinski definition) is 4. The Kier molecular flexibility index (Phi) is 5.79. The van der Waals surface area contributed by atoms with E-state index in [9.17, 15) is 4.79 Å². The lowest BCUT2D eigenvalue weighted by molar-refractivity contribution is 0.0933. The van der Waals surface area contributed by atoms with Crippen LogP contribution in [0, 0.1) is 0 Å². The predicted octanol–water partition coefficient (Wildman–Crippen LogP) is 3.87. The van der Waals surface area contributed by atoms with Crippen molar-refractivity contribution >= 4 is 11.7 Å². The SMILES string of the molecule is CCOc1ccc(C(=O)N[C@H]2CCCN(c3cc(-c4ccccc4)[nH]n3)C2)cc1. The van der Waals surface area contributed by atoms with E-state index in [0.717, 1.165) is 48.8 Å². The first kappa shape index (κ1) is 19.1. The number of carbonyl (C=O) groups excluding carboxylic acids is 1. The Morgan fingerprint density at radius 1 is 1.21 bits per heavy atom. The van der Waals surface area contributed by atoms with Gasteiger partial charge in [-0.05, 0) is 49.6 Å². The molecule has 0 spiro atoms. The lowest BCUT2D eigenvalue weighted by atomic mass is 10.0. The number of aromatic nitrogens is 2. The zero-order valence-corrected chi connectivity index (χ0v) is 16.6. The molecule has 1 aliphatic rings. The second-order valence-electron chi connectivity index (χ2n) is 7.22. The molecule has 150 valence electrons. The van der Waals surface area contributed by atoms with Crippen LogP contribution in [0.15, 0.2) is 60.7 Å². The van der Waals surface area contributed by atoms with Crippen molar-refractivity contribution in [3.63, 3.8) is 0 Å². The number of carbonyl (C=O) groups is 1. The van der Waals surface area contributed by atoms with Crippen molar-refractivity contribution in [2.75, 3.05) is 24.6 Å². The summed E-state index contributed by atoms with van der Waals surface area (Å²) in [5.41, 5.74) is 2.77. The first-order chi connectivity index (χ1) is 14.2. The molecule has 2 aromatic carbocycles. The monoisotopic (exact) mass is 390 g/mol. The maximum Gasteiger partial charge on any atom is 0.251 e. The van der Waals surface area contributed by atoms with Gasteiger partial charge in [-0.15, -0.1) is 0 Å². The summed E-state index contributed by atoms with van der Waals surface area (Å²) in [4.78, 5) is 14.9. The van der Waals surface area contributed by atoms with E-state index in [4.69, 9.17) is 4.74 Å². The molecule has 6 heteroatoms. The van der Waals surface area contributed by atoms with Crippen molar-refractivity contribution < 1.29 is 9.53 Å². The molecule has 29 heavy (non-hydrogen) atoms. The van der Waals surface area contributed by atoms with Gasteiger partial charge in [-0.25, -0.2) is 0 Å². The van der Waals surface area contributed by atoms with Gasteiger partial charge in [-0.2, -0.15) is 5.10 Å². The molecule has 1 fully saturated rings. The number of H-pyrrole nitrogens is 1. The van der Waals surface area contributed by atoms with E-state index in [1.165, 1.54) is 0 Å². The highest BCUT2D eigenvalue weighted by atomic mass is 16.5. The number of benzene rings is 2. The van der Waals surface area contributed by atoms with E-state index in [1.54, 1.807) is 12.1 Å². The zero-order valence-electron chi connectivity index (χ0n) is 16.6. The van der Waals surface area contributed by atoms with Gasteiger partial charge in [-0.3, -0.25) is 9.89 Å². The minimum absolute atomic E-state index is 0.0492. The molecular formula is C23H26N4O2. The summed E-state index contributed by atoms with van der Waals surface area (Å²) < 4.78 is 5.44. The van der Waals surface area contributed by atoms with Crippen molar-refractivity contribution in [3.8, 4) is 17.0 Å². The molecule has 0 aliphatic carbocycles. The molecule has 0 unspecified atom stereocenters. The van der Waals surface area contributed by atoms with Gasteiger partial charge in [0.25, 0.3) is 5.91 Å². The number of amides is 1. The molecule has 1 saturated heterocycles. The van der Waals surface area contributed by atoms with E-state index >= 15 is 0 Å². The van der Waals surface area contributed by atoms with Crippen LogP contribution in [-0.4, -0.2) is 41.8 Å². The summed E-state index contributed by atoms with van der Waals surface area (Å²) in [7, 11) is 0. The van der Waals surface area contributed by atoms with Gasteiger partial charge in [-0.1, -0.05) is 30.3 Å². The third-order valence-corrected chi connectivity index (χ3v) is 5.16. The van der Waals surface area contributed by atoms with Gasteiger partial charge in [0, 0.05) is 30.8 Å². The number of hydrogen-bond donors (Lipinski definition) is 2. The van der Waals surface area contributed by atoms with Crippen LogP contribution in [-0.2, 0) is 0 Å². The molecule has 1 atom stereocenters. The Hall–Kier alpha value is -3.28. The number of ether oxygens (including phenoxy) is 1. The smallest absolute Gasteiger partial charge is 0.251 e. The highest BCUT2D eigenvalue weighted by molar-refractivity contribution is 5.94. The maximum absolute atomic E-state index is 12.6. The average molecular weight is 390 g/mol. The topological polar surface area (TPSA) is 70.2 Å². The lowest BCUT2D eigenvalue weighted by Gasteiger charge is -2.33. The summed E-state index contributed by atoms with van der Waals surface area (Å²) >= 11 is 0. The molecule has 0 radical (unpaired) electrons. The quantitative estimate of drug-likeness (QED) is 0.670. The average Bonchev–Trinajstić information content (AvgIpc) is 3.26. The zero-order chi connectivity index (χ0) is 20.1. The Morgan fingerprint density at radius 3 is 2.76 bits per heavy atom. The summed E-state index contributed by atoms with van der Waals surface area (Å²) in [6, 6.07) is 19.6. The standard InChI is InChI=1S/C23H26N4O2/c1-2-29-20-12-10-18(11-13-20)23(28)24-19-9-6-14-27(16-19)22-15-21(25-26-22)17-7-4-3-5-8-17/h3-5,7-8,10-13,15,19H,2,6,9,14,16H2,1H3,(H,24,28)(H,25,26)/t19-/m0/s1. The fourth-order valence-corrected chi connectivity index (χ4v) is 3.68. The Bertz CT molecular complexity index is 937. The second-order valence-corrected chi connectivity index (χ2v) is 7.22. The van der Waals surface area contributed by atoms with Crippen LogP contribution in [0.3, 0.4) is 0 Å². The molecule has 1 aromatic heterocycles. The fourth-order valence-electron chi connectivity index (χ4n) is 3.68. The van der Waals surface area contributed by atoms with Crippen molar-refractivity contribution in [3.05, 3.63) is 66.2 Å². The van der Waals surface area contributed by atoms with Gasteiger partial charge in [0.05, 0.1) is 12.3 Å². The molecular weight excluding hydrogens is 364 g/mol. The number of rotatable bonds is 6. The van der Waals surface area contributed by atoms with Crippen molar-refractivity contribution in [1.29, 1.82) is 0 Å². The number of aromatic amines is 1. The van der Waals surface area contributed by atoms with Crippen LogP contribution in [0.1, 0.15) is 30.1 Å². The number of anilines is 1. The summed E-state index contributed by atoms with van der Waals surface area (Å²) in [5, 5.41) is 10.8. The van der Waals surface area contributed by atoms with Crippen LogP contribution >= 0.6 is 0 Å². The van der Waals surface area contributed by atoms with Crippen LogP contribution in [0.25, 0.3) is 11.3 Å². The van der Waals surface area contributed by atoms with E-state index in [2.05, 4.69) is 38.6 Å². The van der Waals surface area contributed by atoms with Crippen LogP contribution in [0.5, 0.6) is 5.75 Å². The van der Waals surface area contributed by atoms with Gasteiger partial charge < -0.3 is 15.0 Å². The number of nitrogens with zero attached hydrogens (tertiary/aromatic N) is 2. The van der Waals surface area contributed by atoms with Crippen molar-refractivity contribution in [2.24, 2.45) is 0 Å². The largest absolute Gasteiger partial charge is 0.494 e.